The molecule has 0 spiro atoms. The Labute approximate surface area is 207 Å². The van der Waals surface area contributed by atoms with Gasteiger partial charge in [0, 0.05) is 21.5 Å². The molecule has 1 aliphatic carbocycles. The van der Waals surface area contributed by atoms with Gasteiger partial charge in [-0.2, -0.15) is 4.72 Å². The van der Waals surface area contributed by atoms with Crippen LogP contribution in [0.4, 0.5) is 0 Å². The Morgan fingerprint density at radius 1 is 1.06 bits per heavy atom. The normalized spacial score (nSPS) is 21.6. The van der Waals surface area contributed by atoms with E-state index in [0.29, 0.717) is 15.8 Å². The van der Waals surface area contributed by atoms with Crippen molar-refractivity contribution in [2.75, 3.05) is 0 Å². The van der Waals surface area contributed by atoms with E-state index in [9.17, 15) is 18.4 Å². The van der Waals surface area contributed by atoms with Crippen LogP contribution in [0.2, 0.25) is 10.0 Å². The monoisotopic (exact) mass is 520 g/mol. The minimum atomic E-state index is -4.09. The molecule has 3 aromatic carbocycles. The fraction of sp³-hybridized carbons (Fsp3) is 0.208. The van der Waals surface area contributed by atoms with Crippen LogP contribution in [0.5, 0.6) is 5.75 Å². The molecule has 0 radical (unpaired) electrons. The molecule has 0 aliphatic heterocycles. The van der Waals surface area contributed by atoms with E-state index < -0.39 is 27.4 Å². The molecular formula is C24H22Cl2N2O5S. The van der Waals surface area contributed by atoms with Gasteiger partial charge in [-0.1, -0.05) is 66.5 Å². The summed E-state index contributed by atoms with van der Waals surface area (Å²) in [5.74, 6) is -1.17. The number of rotatable bonds is 8. The Morgan fingerprint density at radius 2 is 1.74 bits per heavy atom. The lowest BCUT2D eigenvalue weighted by Gasteiger charge is -2.18. The van der Waals surface area contributed by atoms with Gasteiger partial charge in [0.1, 0.15) is 17.9 Å². The van der Waals surface area contributed by atoms with Gasteiger partial charge in [0.05, 0.1) is 4.90 Å². The van der Waals surface area contributed by atoms with E-state index in [-0.39, 0.29) is 17.4 Å². The number of hydrogen-bond donors (Lipinski definition) is 3. The molecule has 1 amide bonds. The van der Waals surface area contributed by atoms with Crippen LogP contribution in [0.15, 0.2) is 77.7 Å². The molecule has 3 atom stereocenters. The van der Waals surface area contributed by atoms with Crippen LogP contribution in [-0.2, 0) is 21.4 Å². The predicted octanol–water partition coefficient (Wildman–Crippen LogP) is 4.53. The molecule has 1 aliphatic rings. The summed E-state index contributed by atoms with van der Waals surface area (Å²) in [5, 5.41) is 10.3. The molecule has 0 aromatic heterocycles. The quantitative estimate of drug-likeness (QED) is 0.299. The molecule has 34 heavy (non-hydrogen) atoms. The summed E-state index contributed by atoms with van der Waals surface area (Å²) in [6.07, 6.45) is 0. The Bertz CT molecular complexity index is 1300. The van der Waals surface area contributed by atoms with Crippen LogP contribution in [0.25, 0.3) is 0 Å². The number of carbonyl (C=O) groups excluding carboxylic acids is 1. The van der Waals surface area contributed by atoms with E-state index in [1.807, 2.05) is 30.3 Å². The number of ether oxygens (including phenoxy) is 1. The molecule has 3 N–H and O–H groups in total. The first-order valence-electron chi connectivity index (χ1n) is 10.4. The summed E-state index contributed by atoms with van der Waals surface area (Å²) >= 11 is 12.1. The second-order valence-corrected chi connectivity index (χ2v) is 10.6. The maximum Gasteiger partial charge on any atom is 0.265 e. The molecule has 4 rings (SSSR count). The number of nitrogens with one attached hydrogen (secondary N) is 2. The first-order chi connectivity index (χ1) is 16.2. The van der Waals surface area contributed by atoms with Crippen molar-refractivity contribution in [1.82, 2.24) is 10.2 Å². The molecule has 1 saturated carbocycles. The van der Waals surface area contributed by atoms with Crippen molar-refractivity contribution in [3.63, 3.8) is 0 Å². The van der Waals surface area contributed by atoms with E-state index in [2.05, 4.69) is 4.72 Å². The van der Waals surface area contributed by atoms with Crippen molar-refractivity contribution in [1.29, 1.82) is 0 Å². The van der Waals surface area contributed by atoms with E-state index >= 15 is 0 Å². The van der Waals surface area contributed by atoms with Crippen molar-refractivity contribution in [2.45, 2.75) is 29.9 Å². The molecule has 178 valence electrons. The fourth-order valence-corrected chi connectivity index (χ4v) is 6.14. The van der Waals surface area contributed by atoms with Crippen molar-refractivity contribution in [2.24, 2.45) is 5.92 Å². The largest absolute Gasteiger partial charge is 0.489 e. The zero-order valence-corrected chi connectivity index (χ0v) is 20.4. The number of amides is 1. The predicted molar refractivity (Wildman–Crippen MR) is 129 cm³/mol. The van der Waals surface area contributed by atoms with Gasteiger partial charge >= 0.3 is 0 Å². The maximum atomic E-state index is 13.2. The zero-order valence-electron chi connectivity index (χ0n) is 18.0. The summed E-state index contributed by atoms with van der Waals surface area (Å²) < 4.78 is 34.5. The van der Waals surface area contributed by atoms with Crippen LogP contribution in [0.1, 0.15) is 24.0 Å². The van der Waals surface area contributed by atoms with E-state index in [4.69, 9.17) is 27.9 Å². The maximum absolute atomic E-state index is 13.2. The Kier molecular flexibility index (Phi) is 6.89. The highest BCUT2D eigenvalue weighted by Gasteiger charge is 2.69. The van der Waals surface area contributed by atoms with Crippen molar-refractivity contribution < 1.29 is 23.2 Å². The van der Waals surface area contributed by atoms with Crippen LogP contribution in [-0.4, -0.2) is 25.1 Å². The summed E-state index contributed by atoms with van der Waals surface area (Å²) in [4.78, 5) is 12.6. The second kappa shape index (κ2) is 9.56. The van der Waals surface area contributed by atoms with Crippen LogP contribution < -0.4 is 14.9 Å². The smallest absolute Gasteiger partial charge is 0.265 e. The minimum absolute atomic E-state index is 0.0413. The summed E-state index contributed by atoms with van der Waals surface area (Å²) in [6, 6.07) is 20.0. The third-order valence-corrected chi connectivity index (χ3v) is 8.17. The summed E-state index contributed by atoms with van der Waals surface area (Å²) in [7, 11) is -4.09. The molecular weight excluding hydrogens is 499 g/mol. The third-order valence-electron chi connectivity index (χ3n) is 6.08. The number of halogens is 2. The SMILES string of the molecule is C[C@@H]1[C@H](c2ccccc2)[C@]1(NS(=O)(=O)c1ccc(OCc2ccc(Cl)cc2Cl)cc1)C(=O)NO. The van der Waals surface area contributed by atoms with Crippen LogP contribution in [0, 0.1) is 5.92 Å². The number of hydroxylamine groups is 1. The molecule has 1 fully saturated rings. The molecule has 0 unspecified atom stereocenters. The highest BCUT2D eigenvalue weighted by molar-refractivity contribution is 7.89. The average Bonchev–Trinajstić information content (AvgIpc) is 3.41. The van der Waals surface area contributed by atoms with Crippen molar-refractivity contribution >= 4 is 39.1 Å². The van der Waals surface area contributed by atoms with Gasteiger partial charge in [0.15, 0.2) is 0 Å². The summed E-state index contributed by atoms with van der Waals surface area (Å²) in [6.45, 7) is 1.94. The van der Waals surface area contributed by atoms with E-state index in [0.717, 1.165) is 11.1 Å². The lowest BCUT2D eigenvalue weighted by atomic mass is 10.1. The average molecular weight is 521 g/mol. The Morgan fingerprint density at radius 3 is 2.35 bits per heavy atom. The van der Waals surface area contributed by atoms with E-state index in [1.165, 1.54) is 24.3 Å². The van der Waals surface area contributed by atoms with Gasteiger partial charge < -0.3 is 4.74 Å². The van der Waals surface area contributed by atoms with Gasteiger partial charge in [0.2, 0.25) is 10.0 Å². The Balaban J connectivity index is 1.51. The van der Waals surface area contributed by atoms with Gasteiger partial charge in [-0.3, -0.25) is 10.0 Å². The fourth-order valence-electron chi connectivity index (χ4n) is 4.21. The lowest BCUT2D eigenvalue weighted by molar-refractivity contribution is -0.132. The molecule has 0 heterocycles. The number of hydrogen-bond acceptors (Lipinski definition) is 5. The second-order valence-electron chi connectivity index (χ2n) is 8.09. The topological polar surface area (TPSA) is 105 Å². The summed E-state index contributed by atoms with van der Waals surface area (Å²) in [5.41, 5.74) is 1.64. The van der Waals surface area contributed by atoms with Gasteiger partial charge in [-0.15, -0.1) is 0 Å². The van der Waals surface area contributed by atoms with Crippen LogP contribution >= 0.6 is 23.2 Å². The standard InChI is InChI=1S/C24H22Cl2N2O5S/c1-15-22(16-5-3-2-4-6-16)24(15,23(29)27-30)28-34(31,32)20-11-9-19(10-12-20)33-14-17-7-8-18(25)13-21(17)26/h2-13,15,22,28,30H,14H2,1H3,(H,27,29)/t15-,22-,24+/m1/s1. The molecule has 7 nitrogen and oxygen atoms in total. The zero-order chi connectivity index (χ0) is 24.5. The van der Waals surface area contributed by atoms with E-state index in [1.54, 1.807) is 30.6 Å². The van der Waals surface area contributed by atoms with Crippen molar-refractivity contribution in [3.8, 4) is 5.75 Å². The third kappa shape index (κ3) is 4.64. The number of benzene rings is 3. The van der Waals surface area contributed by atoms with Gasteiger partial charge in [-0.05, 0) is 47.9 Å². The number of carbonyl (C=O) groups is 1. The van der Waals surface area contributed by atoms with Crippen molar-refractivity contribution in [3.05, 3.63) is 94.0 Å². The highest BCUT2D eigenvalue weighted by atomic mass is 35.5. The number of sulfonamides is 1. The first-order valence-corrected chi connectivity index (χ1v) is 12.6. The minimum Gasteiger partial charge on any atom is -0.489 e. The molecule has 0 saturated heterocycles. The Hall–Kier alpha value is -2.62. The first kappa shape index (κ1) is 24.5. The molecule has 3 aromatic rings. The highest BCUT2D eigenvalue weighted by Crippen LogP contribution is 2.58. The van der Waals surface area contributed by atoms with Gasteiger partial charge in [0.25, 0.3) is 5.91 Å². The van der Waals surface area contributed by atoms with Gasteiger partial charge in [-0.25, -0.2) is 13.9 Å². The van der Waals surface area contributed by atoms with Crippen LogP contribution in [0.3, 0.4) is 0 Å². The lowest BCUT2D eigenvalue weighted by Crippen LogP contribution is -2.50. The molecule has 0 bridgehead atoms. The molecule has 10 heteroatoms.